The Kier molecular flexibility index (Phi) is 10.9. The Morgan fingerprint density at radius 2 is 1.40 bits per heavy atom. The summed E-state index contributed by atoms with van der Waals surface area (Å²) in [7, 11) is 0. The van der Waals surface area contributed by atoms with Gasteiger partial charge in [0.1, 0.15) is 12.4 Å². The highest BCUT2D eigenvalue weighted by atomic mass is 16.5. The molecule has 0 aromatic heterocycles. The van der Waals surface area contributed by atoms with Crippen LogP contribution in [0.1, 0.15) is 55.2 Å². The second kappa shape index (κ2) is 14.6. The molecule has 5 heteroatoms. The first-order valence-corrected chi connectivity index (χ1v) is 12.4. The van der Waals surface area contributed by atoms with E-state index in [0.717, 1.165) is 42.6 Å². The molecule has 3 aromatic rings. The van der Waals surface area contributed by atoms with Crippen molar-refractivity contribution in [1.82, 2.24) is 5.32 Å². The predicted octanol–water partition coefficient (Wildman–Crippen LogP) is 5.96. The molecule has 0 bridgehead atoms. The number of benzene rings is 3. The topological polar surface area (TPSA) is 75.6 Å². The van der Waals surface area contributed by atoms with Crippen LogP contribution in [0.15, 0.2) is 84.9 Å². The zero-order chi connectivity index (χ0) is 24.7. The molecule has 0 radical (unpaired) electrons. The molecule has 0 saturated carbocycles. The summed E-state index contributed by atoms with van der Waals surface area (Å²) in [6, 6.07) is 27.9. The maximum absolute atomic E-state index is 12.5. The van der Waals surface area contributed by atoms with E-state index in [2.05, 4.69) is 17.4 Å². The van der Waals surface area contributed by atoms with Gasteiger partial charge >= 0.3 is 5.97 Å². The summed E-state index contributed by atoms with van der Waals surface area (Å²) >= 11 is 0. The number of aliphatic carboxylic acids is 1. The number of ether oxygens (including phenoxy) is 1. The van der Waals surface area contributed by atoms with Crippen molar-refractivity contribution in [3.8, 4) is 5.75 Å². The van der Waals surface area contributed by atoms with E-state index in [0.29, 0.717) is 25.9 Å². The summed E-state index contributed by atoms with van der Waals surface area (Å²) in [5.74, 6) is -0.0861. The third kappa shape index (κ3) is 10.5. The molecule has 184 valence electrons. The summed E-state index contributed by atoms with van der Waals surface area (Å²) in [4.78, 5) is 23.6. The molecule has 3 aromatic carbocycles. The second-order valence-electron chi connectivity index (χ2n) is 8.87. The number of aryl methyl sites for hydroxylation is 1. The Hall–Kier alpha value is -3.60. The van der Waals surface area contributed by atoms with Crippen molar-refractivity contribution in [3.05, 3.63) is 102 Å². The summed E-state index contributed by atoms with van der Waals surface area (Å²) in [6.45, 7) is 0.503. The van der Waals surface area contributed by atoms with E-state index in [1.807, 2.05) is 72.8 Å². The van der Waals surface area contributed by atoms with Gasteiger partial charge in [-0.05, 0) is 60.9 Å². The van der Waals surface area contributed by atoms with E-state index in [9.17, 15) is 9.59 Å². The SMILES string of the molecule is O=C(O)CC[C@@H](Cc1ccc(OCc2ccccc2)cc1)NC(=O)CCCCCc1ccccc1. The molecular formula is C30H35NO4. The highest BCUT2D eigenvalue weighted by Gasteiger charge is 2.15. The van der Waals surface area contributed by atoms with Crippen LogP contribution in [0.3, 0.4) is 0 Å². The molecule has 0 heterocycles. The van der Waals surface area contributed by atoms with E-state index in [-0.39, 0.29) is 18.4 Å². The first-order valence-electron chi connectivity index (χ1n) is 12.4. The molecule has 5 nitrogen and oxygen atoms in total. The number of carbonyl (C=O) groups is 2. The fourth-order valence-corrected chi connectivity index (χ4v) is 4.01. The summed E-state index contributed by atoms with van der Waals surface area (Å²) in [5.41, 5.74) is 3.46. The second-order valence-corrected chi connectivity index (χ2v) is 8.87. The van der Waals surface area contributed by atoms with Crippen LogP contribution in [0.5, 0.6) is 5.75 Å². The van der Waals surface area contributed by atoms with E-state index in [1.165, 1.54) is 5.56 Å². The number of carboxylic acid groups (broad SMARTS) is 1. The highest BCUT2D eigenvalue weighted by molar-refractivity contribution is 5.76. The number of carboxylic acids is 1. The Bertz CT molecular complexity index is 1020. The first-order chi connectivity index (χ1) is 17.1. The minimum atomic E-state index is -0.852. The Morgan fingerprint density at radius 1 is 0.743 bits per heavy atom. The molecule has 1 amide bonds. The first kappa shape index (κ1) is 26.0. The van der Waals surface area contributed by atoms with Crippen LogP contribution in [0.25, 0.3) is 0 Å². The van der Waals surface area contributed by atoms with Gasteiger partial charge in [0.2, 0.25) is 5.91 Å². The van der Waals surface area contributed by atoms with Gasteiger partial charge in [0.15, 0.2) is 0 Å². The van der Waals surface area contributed by atoms with Crippen molar-refractivity contribution in [2.24, 2.45) is 0 Å². The summed E-state index contributed by atoms with van der Waals surface area (Å²) in [5, 5.41) is 12.2. The number of rotatable bonds is 15. The van der Waals surface area contributed by atoms with Gasteiger partial charge in [-0.1, -0.05) is 79.2 Å². The van der Waals surface area contributed by atoms with Crippen molar-refractivity contribution in [3.63, 3.8) is 0 Å². The molecule has 3 rings (SSSR count). The largest absolute Gasteiger partial charge is 0.489 e. The number of carbonyl (C=O) groups excluding carboxylic acids is 1. The maximum Gasteiger partial charge on any atom is 0.303 e. The van der Waals surface area contributed by atoms with Crippen LogP contribution < -0.4 is 10.1 Å². The molecule has 2 N–H and O–H groups in total. The smallest absolute Gasteiger partial charge is 0.303 e. The van der Waals surface area contributed by atoms with Crippen LogP contribution in [0.2, 0.25) is 0 Å². The van der Waals surface area contributed by atoms with E-state index < -0.39 is 5.97 Å². The van der Waals surface area contributed by atoms with Crippen LogP contribution in [-0.2, 0) is 29.0 Å². The van der Waals surface area contributed by atoms with Gasteiger partial charge in [-0.2, -0.15) is 0 Å². The van der Waals surface area contributed by atoms with Crippen molar-refractivity contribution in [1.29, 1.82) is 0 Å². The van der Waals surface area contributed by atoms with Crippen LogP contribution >= 0.6 is 0 Å². The van der Waals surface area contributed by atoms with Gasteiger partial charge in [-0.25, -0.2) is 0 Å². The lowest BCUT2D eigenvalue weighted by molar-refractivity contribution is -0.137. The van der Waals surface area contributed by atoms with Crippen LogP contribution in [0.4, 0.5) is 0 Å². The quantitative estimate of drug-likeness (QED) is 0.267. The molecule has 0 aliphatic carbocycles. The minimum absolute atomic E-state index is 0.0112. The molecule has 0 unspecified atom stereocenters. The lowest BCUT2D eigenvalue weighted by Gasteiger charge is -2.18. The highest BCUT2D eigenvalue weighted by Crippen LogP contribution is 2.17. The minimum Gasteiger partial charge on any atom is -0.489 e. The lowest BCUT2D eigenvalue weighted by atomic mass is 10.0. The summed E-state index contributed by atoms with van der Waals surface area (Å²) < 4.78 is 5.84. The van der Waals surface area contributed by atoms with Gasteiger partial charge < -0.3 is 15.2 Å². The fraction of sp³-hybridized carbons (Fsp3) is 0.333. The van der Waals surface area contributed by atoms with Gasteiger partial charge in [0.25, 0.3) is 0 Å². The van der Waals surface area contributed by atoms with E-state index >= 15 is 0 Å². The van der Waals surface area contributed by atoms with Crippen LogP contribution in [0, 0.1) is 0 Å². The van der Waals surface area contributed by atoms with E-state index in [1.54, 1.807) is 0 Å². The normalized spacial score (nSPS) is 11.5. The van der Waals surface area contributed by atoms with Gasteiger partial charge in [0, 0.05) is 18.9 Å². The van der Waals surface area contributed by atoms with Gasteiger partial charge in [0.05, 0.1) is 0 Å². The third-order valence-electron chi connectivity index (χ3n) is 5.94. The third-order valence-corrected chi connectivity index (χ3v) is 5.94. The zero-order valence-corrected chi connectivity index (χ0v) is 20.2. The molecule has 0 spiro atoms. The maximum atomic E-state index is 12.5. The monoisotopic (exact) mass is 473 g/mol. The number of unbranched alkanes of at least 4 members (excludes halogenated alkanes) is 2. The van der Waals surface area contributed by atoms with Crippen molar-refractivity contribution >= 4 is 11.9 Å². The van der Waals surface area contributed by atoms with Crippen LogP contribution in [-0.4, -0.2) is 23.0 Å². The van der Waals surface area contributed by atoms with E-state index in [4.69, 9.17) is 9.84 Å². The molecule has 0 saturated heterocycles. The number of amides is 1. The van der Waals surface area contributed by atoms with Crippen molar-refractivity contribution < 1.29 is 19.4 Å². The van der Waals surface area contributed by atoms with Crippen molar-refractivity contribution in [2.75, 3.05) is 0 Å². The molecule has 35 heavy (non-hydrogen) atoms. The average molecular weight is 474 g/mol. The molecule has 0 fully saturated rings. The Balaban J connectivity index is 1.43. The van der Waals surface area contributed by atoms with Gasteiger partial charge in [-0.3, -0.25) is 9.59 Å². The zero-order valence-electron chi connectivity index (χ0n) is 20.2. The Morgan fingerprint density at radius 3 is 2.06 bits per heavy atom. The molecule has 0 aliphatic rings. The molecule has 0 aliphatic heterocycles. The Labute approximate surface area is 208 Å². The predicted molar refractivity (Wildman–Crippen MR) is 138 cm³/mol. The molecule has 1 atom stereocenters. The van der Waals surface area contributed by atoms with Crippen molar-refractivity contribution in [2.45, 2.75) is 64.0 Å². The standard InChI is InChI=1S/C30H35NO4/c32-29(15-9-3-6-12-24-10-4-1-5-11-24)31-27(18-21-30(33)34)22-25-16-19-28(20-17-25)35-23-26-13-7-2-8-14-26/h1-2,4-5,7-8,10-11,13-14,16-17,19-20,27H,3,6,9,12,15,18,21-23H2,(H,31,32)(H,33,34)/t27-/m0/s1. The average Bonchev–Trinajstić information content (AvgIpc) is 2.88. The summed E-state index contributed by atoms with van der Waals surface area (Å²) in [6.07, 6.45) is 5.38. The molecular weight excluding hydrogens is 438 g/mol. The number of hydrogen-bond acceptors (Lipinski definition) is 3. The fourth-order valence-electron chi connectivity index (χ4n) is 4.01. The lowest BCUT2D eigenvalue weighted by Crippen LogP contribution is -2.36. The number of nitrogens with one attached hydrogen (secondary N) is 1. The van der Waals surface area contributed by atoms with Gasteiger partial charge in [-0.15, -0.1) is 0 Å². The number of hydrogen-bond donors (Lipinski definition) is 2.